The molecule has 135 valence electrons. The number of thiocarbonyl (C=S) groups is 1. The number of nitrogens with zero attached hydrogens (tertiary/aromatic N) is 1. The first-order valence-corrected chi connectivity index (χ1v) is 9.41. The smallest absolute Gasteiger partial charge is 0.171 e. The molecule has 2 aromatic rings. The van der Waals surface area contributed by atoms with E-state index in [1.807, 2.05) is 36.4 Å². The zero-order valence-corrected chi connectivity index (χ0v) is 18.6. The molecule has 0 spiro atoms. The summed E-state index contributed by atoms with van der Waals surface area (Å²) in [6.07, 6.45) is 2.17. The summed E-state index contributed by atoms with van der Waals surface area (Å²) >= 11 is 2.71. The van der Waals surface area contributed by atoms with Crippen LogP contribution in [0.3, 0.4) is 0 Å². The quantitative estimate of drug-likeness (QED) is 0.305. The van der Waals surface area contributed by atoms with Gasteiger partial charge in [-0.25, -0.2) is 6.92 Å². The first-order chi connectivity index (χ1) is 12.0. The molecule has 0 bridgehead atoms. The molecule has 3 rings (SSSR count). The minimum atomic E-state index is -2.48. The SMILES string of the molecule is [CH2-]C(=S)c1cc(NS(=O)[O-])c(Oc2ccccc2)c(N2CCCC2)c1.[Y]. The molecule has 1 heterocycles. The maximum absolute atomic E-state index is 11.3. The van der Waals surface area contributed by atoms with Gasteiger partial charge in [0.1, 0.15) is 5.75 Å². The van der Waals surface area contributed by atoms with Gasteiger partial charge in [0, 0.05) is 57.1 Å². The predicted molar refractivity (Wildman–Crippen MR) is 104 cm³/mol. The fourth-order valence-corrected chi connectivity index (χ4v) is 3.30. The van der Waals surface area contributed by atoms with E-state index >= 15 is 0 Å². The van der Waals surface area contributed by atoms with Crippen LogP contribution in [0.15, 0.2) is 42.5 Å². The molecule has 1 radical (unpaired) electrons. The Balaban J connectivity index is 0.00000243. The van der Waals surface area contributed by atoms with Crippen LogP contribution in [0.5, 0.6) is 11.5 Å². The Hall–Kier alpha value is -0.986. The fraction of sp³-hybridized carbons (Fsp3) is 0.222. The summed E-state index contributed by atoms with van der Waals surface area (Å²) < 4.78 is 31.0. The van der Waals surface area contributed by atoms with Gasteiger partial charge in [-0.2, -0.15) is 5.56 Å². The van der Waals surface area contributed by atoms with Gasteiger partial charge < -0.3 is 18.9 Å². The predicted octanol–water partition coefficient (Wildman–Crippen LogP) is 3.83. The number of nitrogens with one attached hydrogen (secondary N) is 1. The zero-order valence-electron chi connectivity index (χ0n) is 14.1. The average Bonchev–Trinajstić information content (AvgIpc) is 3.11. The van der Waals surface area contributed by atoms with Crippen LogP contribution in [0, 0.1) is 6.92 Å². The largest absolute Gasteiger partial charge is 0.755 e. The Morgan fingerprint density at radius 2 is 1.88 bits per heavy atom. The Kier molecular flexibility index (Phi) is 8.04. The molecule has 2 aromatic carbocycles. The standard InChI is InChI=1S/C18H19N2O3S2.Y/c1-13(24)14-11-16(19-25(21)22)18(23-15-7-3-2-4-8-15)17(12-14)20-9-5-6-10-20;/h2-4,7-8,11-12,19H,1,5-6,9-10H2,(H,21,22);/q-1;/p-1. The summed E-state index contributed by atoms with van der Waals surface area (Å²) in [5, 5.41) is 0. The van der Waals surface area contributed by atoms with Crippen molar-refractivity contribution in [2.45, 2.75) is 12.8 Å². The molecule has 0 amide bonds. The Labute approximate surface area is 186 Å². The monoisotopic (exact) mass is 463 g/mol. The van der Waals surface area contributed by atoms with Gasteiger partial charge in [-0.15, -0.1) is 29.2 Å². The number of ether oxygens (including phenoxy) is 1. The van der Waals surface area contributed by atoms with Crippen molar-refractivity contribution in [3.63, 3.8) is 0 Å². The summed E-state index contributed by atoms with van der Waals surface area (Å²) in [7, 11) is 0. The Morgan fingerprint density at radius 1 is 1.23 bits per heavy atom. The summed E-state index contributed by atoms with van der Waals surface area (Å²) in [6, 6.07) is 12.8. The Bertz CT molecular complexity index is 797. The number of rotatable bonds is 6. The molecule has 1 saturated heterocycles. The van der Waals surface area contributed by atoms with Crippen LogP contribution in [0.25, 0.3) is 0 Å². The minimum absolute atomic E-state index is 0. The van der Waals surface area contributed by atoms with E-state index in [-0.39, 0.29) is 32.7 Å². The van der Waals surface area contributed by atoms with Crippen LogP contribution in [0.2, 0.25) is 0 Å². The van der Waals surface area contributed by atoms with Crippen LogP contribution in [0.4, 0.5) is 11.4 Å². The van der Waals surface area contributed by atoms with Crippen molar-refractivity contribution in [1.82, 2.24) is 0 Å². The second kappa shape index (κ2) is 9.81. The molecule has 26 heavy (non-hydrogen) atoms. The molecule has 1 fully saturated rings. The van der Waals surface area contributed by atoms with Crippen molar-refractivity contribution in [2.75, 3.05) is 22.7 Å². The van der Waals surface area contributed by atoms with E-state index in [0.717, 1.165) is 31.6 Å². The molecule has 1 aliphatic heterocycles. The maximum Gasteiger partial charge on any atom is 0.171 e. The van der Waals surface area contributed by atoms with Crippen molar-refractivity contribution in [1.29, 1.82) is 0 Å². The third-order valence-corrected chi connectivity index (χ3v) is 4.62. The van der Waals surface area contributed by atoms with E-state index in [0.29, 0.717) is 27.6 Å². The molecular formula is C18H18N2O3S2Y-2. The topological polar surface area (TPSA) is 64.6 Å². The first kappa shape index (κ1) is 21.3. The minimum Gasteiger partial charge on any atom is -0.755 e. The van der Waals surface area contributed by atoms with E-state index in [4.69, 9.17) is 17.0 Å². The second-order valence-corrected chi connectivity index (χ2v) is 6.91. The summed E-state index contributed by atoms with van der Waals surface area (Å²) in [5.41, 5.74) is 1.87. The van der Waals surface area contributed by atoms with Crippen LogP contribution in [-0.2, 0) is 44.0 Å². The molecular weight excluding hydrogens is 445 g/mol. The number of hydrogen-bond acceptors (Lipinski definition) is 5. The normalized spacial score (nSPS) is 14.4. The zero-order chi connectivity index (χ0) is 17.8. The Morgan fingerprint density at radius 3 is 2.46 bits per heavy atom. The number of anilines is 2. The van der Waals surface area contributed by atoms with Gasteiger partial charge in [-0.1, -0.05) is 18.2 Å². The van der Waals surface area contributed by atoms with Gasteiger partial charge in [-0.05, 0) is 25.0 Å². The van der Waals surface area contributed by atoms with Crippen LogP contribution < -0.4 is 14.4 Å². The fourth-order valence-electron chi connectivity index (χ4n) is 2.85. The molecule has 0 saturated carbocycles. The van der Waals surface area contributed by atoms with Crippen molar-refractivity contribution < 1.29 is 46.2 Å². The average molecular weight is 463 g/mol. The van der Waals surface area contributed by atoms with Gasteiger partial charge in [0.2, 0.25) is 0 Å². The molecule has 0 aromatic heterocycles. The maximum atomic E-state index is 11.3. The molecule has 8 heteroatoms. The molecule has 5 nitrogen and oxygen atoms in total. The first-order valence-electron chi connectivity index (χ1n) is 7.92. The molecule has 0 aliphatic carbocycles. The van der Waals surface area contributed by atoms with Crippen molar-refractivity contribution >= 4 is 39.7 Å². The van der Waals surface area contributed by atoms with Gasteiger partial charge >= 0.3 is 0 Å². The van der Waals surface area contributed by atoms with E-state index in [9.17, 15) is 8.76 Å². The molecule has 1 unspecified atom stereocenters. The molecule has 1 aliphatic rings. The number of para-hydroxylation sites is 1. The van der Waals surface area contributed by atoms with Gasteiger partial charge in [0.05, 0.1) is 11.4 Å². The van der Waals surface area contributed by atoms with Crippen LogP contribution in [-0.4, -0.2) is 26.7 Å². The van der Waals surface area contributed by atoms with Crippen LogP contribution in [0.1, 0.15) is 18.4 Å². The van der Waals surface area contributed by atoms with E-state index in [1.54, 1.807) is 6.07 Å². The third kappa shape index (κ3) is 5.27. The van der Waals surface area contributed by atoms with Crippen molar-refractivity contribution in [3.8, 4) is 11.5 Å². The van der Waals surface area contributed by atoms with Crippen molar-refractivity contribution in [3.05, 3.63) is 55.0 Å². The molecule has 1 atom stereocenters. The van der Waals surface area contributed by atoms with E-state index < -0.39 is 11.3 Å². The molecule has 1 N–H and O–H groups in total. The van der Waals surface area contributed by atoms with Gasteiger partial charge in [-0.3, -0.25) is 4.21 Å². The number of benzene rings is 2. The summed E-state index contributed by atoms with van der Waals surface area (Å²) in [6.45, 7) is 5.58. The number of hydrogen-bond donors (Lipinski definition) is 1. The van der Waals surface area contributed by atoms with Crippen LogP contribution >= 0.6 is 12.2 Å². The third-order valence-electron chi connectivity index (χ3n) is 3.99. The second-order valence-electron chi connectivity index (χ2n) is 5.74. The summed E-state index contributed by atoms with van der Waals surface area (Å²) in [5.74, 6) is 1.10. The van der Waals surface area contributed by atoms with E-state index in [1.165, 1.54) is 0 Å². The van der Waals surface area contributed by atoms with Gasteiger partial charge in [0.15, 0.2) is 5.75 Å². The van der Waals surface area contributed by atoms with Gasteiger partial charge in [0.25, 0.3) is 0 Å². The van der Waals surface area contributed by atoms with E-state index in [2.05, 4.69) is 16.5 Å². The van der Waals surface area contributed by atoms with Crippen molar-refractivity contribution in [2.24, 2.45) is 0 Å². The summed E-state index contributed by atoms with van der Waals surface area (Å²) in [4.78, 5) is 2.63.